The van der Waals surface area contributed by atoms with Crippen molar-refractivity contribution in [3.8, 4) is 22.9 Å². The Balaban J connectivity index is 1.57. The molecule has 0 fully saturated rings. The van der Waals surface area contributed by atoms with E-state index in [1.54, 1.807) is 19.4 Å². The SMILES string of the molecule is COc1cc(C)c(-c2nc3ccccc3c(=O)n2N=Cc2cccc(OCc3ccccc3)c2)cc1C(C)C. The van der Waals surface area contributed by atoms with Gasteiger partial charge in [-0.15, -0.1) is 0 Å². The third kappa shape index (κ3) is 5.60. The molecule has 0 atom stereocenters. The zero-order valence-corrected chi connectivity index (χ0v) is 22.6. The van der Waals surface area contributed by atoms with E-state index in [1.165, 1.54) is 4.68 Å². The van der Waals surface area contributed by atoms with Crippen LogP contribution < -0.4 is 15.0 Å². The van der Waals surface area contributed by atoms with Gasteiger partial charge in [0.1, 0.15) is 18.1 Å². The van der Waals surface area contributed by atoms with Crippen molar-refractivity contribution in [2.24, 2.45) is 5.10 Å². The minimum atomic E-state index is -0.232. The third-order valence-electron chi connectivity index (χ3n) is 6.62. The quantitative estimate of drug-likeness (QED) is 0.209. The Bertz CT molecular complexity index is 1710. The predicted molar refractivity (Wildman–Crippen MR) is 157 cm³/mol. The molecule has 0 saturated carbocycles. The minimum absolute atomic E-state index is 0.224. The molecule has 4 aromatic carbocycles. The van der Waals surface area contributed by atoms with Gasteiger partial charge < -0.3 is 9.47 Å². The number of hydrogen-bond acceptors (Lipinski definition) is 5. The van der Waals surface area contributed by atoms with E-state index in [1.807, 2.05) is 85.8 Å². The van der Waals surface area contributed by atoms with Crippen molar-refractivity contribution in [2.45, 2.75) is 33.3 Å². The van der Waals surface area contributed by atoms with Crippen LogP contribution in [-0.2, 0) is 6.61 Å². The second-order valence-electron chi connectivity index (χ2n) is 9.72. The van der Waals surface area contributed by atoms with Crippen LogP contribution in [0, 0.1) is 6.92 Å². The zero-order valence-electron chi connectivity index (χ0n) is 22.6. The fraction of sp³-hybridized carbons (Fsp3) is 0.182. The first-order chi connectivity index (χ1) is 18.9. The second kappa shape index (κ2) is 11.4. The molecule has 1 aromatic heterocycles. The summed E-state index contributed by atoms with van der Waals surface area (Å²) in [5.74, 6) is 2.24. The molecule has 0 aliphatic rings. The van der Waals surface area contributed by atoms with Gasteiger partial charge in [-0.25, -0.2) is 4.98 Å². The maximum absolute atomic E-state index is 13.7. The van der Waals surface area contributed by atoms with Crippen LogP contribution in [-0.4, -0.2) is 23.0 Å². The lowest BCUT2D eigenvalue weighted by molar-refractivity contribution is 0.306. The Kier molecular flexibility index (Phi) is 7.55. The summed E-state index contributed by atoms with van der Waals surface area (Å²) >= 11 is 0. The van der Waals surface area contributed by atoms with Gasteiger partial charge in [0.05, 0.1) is 24.2 Å². The molecule has 39 heavy (non-hydrogen) atoms. The number of ether oxygens (including phenoxy) is 2. The molecule has 1 heterocycles. The molecule has 0 amide bonds. The van der Waals surface area contributed by atoms with Crippen molar-refractivity contribution in [1.82, 2.24) is 9.66 Å². The van der Waals surface area contributed by atoms with E-state index >= 15 is 0 Å². The molecule has 0 bridgehead atoms. The highest BCUT2D eigenvalue weighted by Gasteiger charge is 2.18. The molecule has 196 valence electrons. The molecule has 0 unspecified atom stereocenters. The van der Waals surface area contributed by atoms with Crippen LogP contribution in [0.2, 0.25) is 0 Å². The largest absolute Gasteiger partial charge is 0.496 e. The number of rotatable bonds is 8. The first-order valence-electron chi connectivity index (χ1n) is 13.0. The molecular weight excluding hydrogens is 486 g/mol. The summed E-state index contributed by atoms with van der Waals surface area (Å²) in [6.07, 6.45) is 1.67. The van der Waals surface area contributed by atoms with Crippen molar-refractivity contribution in [1.29, 1.82) is 0 Å². The van der Waals surface area contributed by atoms with Crippen molar-refractivity contribution in [3.63, 3.8) is 0 Å². The molecule has 6 nitrogen and oxygen atoms in total. The first-order valence-corrected chi connectivity index (χ1v) is 13.0. The van der Waals surface area contributed by atoms with Crippen molar-refractivity contribution in [2.75, 3.05) is 7.11 Å². The maximum Gasteiger partial charge on any atom is 0.282 e. The lowest BCUT2D eigenvalue weighted by Crippen LogP contribution is -2.20. The molecule has 0 aliphatic heterocycles. The zero-order chi connectivity index (χ0) is 27.4. The van der Waals surface area contributed by atoms with E-state index < -0.39 is 0 Å². The summed E-state index contributed by atoms with van der Waals surface area (Å²) in [6.45, 7) is 6.69. The molecule has 5 rings (SSSR count). The van der Waals surface area contributed by atoms with E-state index in [2.05, 4.69) is 25.0 Å². The number of nitrogens with zero attached hydrogens (tertiary/aromatic N) is 3. The Morgan fingerprint density at radius 1 is 0.949 bits per heavy atom. The number of para-hydroxylation sites is 1. The van der Waals surface area contributed by atoms with Crippen LogP contribution in [0.1, 0.15) is 42.0 Å². The summed E-state index contributed by atoms with van der Waals surface area (Å²) in [5, 5.41) is 5.16. The highest BCUT2D eigenvalue weighted by Crippen LogP contribution is 2.34. The second-order valence-corrected chi connectivity index (χ2v) is 9.72. The molecule has 0 spiro atoms. The van der Waals surface area contributed by atoms with Gasteiger partial charge in [0, 0.05) is 5.56 Å². The lowest BCUT2D eigenvalue weighted by atomic mass is 9.96. The third-order valence-corrected chi connectivity index (χ3v) is 6.62. The topological polar surface area (TPSA) is 65.7 Å². The maximum atomic E-state index is 13.7. The fourth-order valence-electron chi connectivity index (χ4n) is 4.52. The van der Waals surface area contributed by atoms with Crippen LogP contribution in [0.4, 0.5) is 0 Å². The number of hydrogen-bond donors (Lipinski definition) is 0. The summed E-state index contributed by atoms with van der Waals surface area (Å²) in [6, 6.07) is 29.1. The predicted octanol–water partition coefficient (Wildman–Crippen LogP) is 6.97. The van der Waals surface area contributed by atoms with Crippen LogP contribution in [0.5, 0.6) is 11.5 Å². The average molecular weight is 518 g/mol. The van der Waals surface area contributed by atoms with Crippen LogP contribution in [0.3, 0.4) is 0 Å². The summed E-state index contributed by atoms with van der Waals surface area (Å²) in [7, 11) is 1.67. The van der Waals surface area contributed by atoms with Gasteiger partial charge in [0.2, 0.25) is 0 Å². The molecular formula is C33H31N3O3. The first kappa shape index (κ1) is 25.9. The van der Waals surface area contributed by atoms with E-state index in [9.17, 15) is 4.79 Å². The number of methoxy groups -OCH3 is 1. The Morgan fingerprint density at radius 2 is 1.72 bits per heavy atom. The van der Waals surface area contributed by atoms with Gasteiger partial charge in [-0.2, -0.15) is 9.78 Å². The summed E-state index contributed by atoms with van der Waals surface area (Å²) < 4.78 is 13.0. The normalized spacial score (nSPS) is 11.4. The Morgan fingerprint density at radius 3 is 2.49 bits per heavy atom. The van der Waals surface area contributed by atoms with Gasteiger partial charge in [0.25, 0.3) is 5.56 Å². The Hall–Kier alpha value is -4.71. The highest BCUT2D eigenvalue weighted by molar-refractivity contribution is 5.82. The molecule has 0 aliphatic carbocycles. The van der Waals surface area contributed by atoms with E-state index in [-0.39, 0.29) is 11.5 Å². The molecule has 0 N–H and O–H groups in total. The van der Waals surface area contributed by atoms with Crippen molar-refractivity contribution < 1.29 is 9.47 Å². The summed E-state index contributed by atoms with van der Waals surface area (Å²) in [4.78, 5) is 18.6. The van der Waals surface area contributed by atoms with Crippen molar-refractivity contribution >= 4 is 17.1 Å². The van der Waals surface area contributed by atoms with Gasteiger partial charge >= 0.3 is 0 Å². The molecule has 5 aromatic rings. The highest BCUT2D eigenvalue weighted by atomic mass is 16.5. The number of aryl methyl sites for hydroxylation is 1. The smallest absolute Gasteiger partial charge is 0.282 e. The number of aromatic nitrogens is 2. The average Bonchev–Trinajstić information content (AvgIpc) is 2.96. The fourth-order valence-corrected chi connectivity index (χ4v) is 4.52. The monoisotopic (exact) mass is 517 g/mol. The number of fused-ring (bicyclic) bond motifs is 1. The summed E-state index contributed by atoms with van der Waals surface area (Å²) in [5.41, 5.74) is 5.11. The van der Waals surface area contributed by atoms with E-state index in [0.29, 0.717) is 23.3 Å². The minimum Gasteiger partial charge on any atom is -0.496 e. The van der Waals surface area contributed by atoms with E-state index in [4.69, 9.17) is 14.5 Å². The molecule has 0 saturated heterocycles. The van der Waals surface area contributed by atoms with Gasteiger partial charge in [-0.1, -0.05) is 68.4 Å². The number of benzene rings is 4. The Labute approximate surface area is 228 Å². The molecule has 6 heteroatoms. The van der Waals surface area contributed by atoms with Gasteiger partial charge in [-0.3, -0.25) is 4.79 Å². The van der Waals surface area contributed by atoms with Crippen LogP contribution in [0.15, 0.2) is 101 Å². The van der Waals surface area contributed by atoms with Crippen LogP contribution in [0.25, 0.3) is 22.3 Å². The molecule has 0 radical (unpaired) electrons. The van der Waals surface area contributed by atoms with Crippen molar-refractivity contribution in [3.05, 3.63) is 124 Å². The van der Waals surface area contributed by atoms with Gasteiger partial charge in [0.15, 0.2) is 5.82 Å². The van der Waals surface area contributed by atoms with Crippen LogP contribution >= 0.6 is 0 Å². The standard InChI is InChI=1S/C33H31N3O3/c1-22(2)28-19-29(23(3)17-31(28)38-4)32-35-30-16-9-8-15-27(30)33(37)36(32)34-20-25-13-10-14-26(18-25)39-21-24-11-6-5-7-12-24/h5-20,22H,21H2,1-4H3. The van der Waals surface area contributed by atoms with E-state index in [0.717, 1.165) is 39.3 Å². The van der Waals surface area contributed by atoms with Gasteiger partial charge in [-0.05, 0) is 71.5 Å². The lowest BCUT2D eigenvalue weighted by Gasteiger charge is -2.17.